The van der Waals surface area contributed by atoms with Gasteiger partial charge in [0.25, 0.3) is 0 Å². The van der Waals surface area contributed by atoms with Crippen LogP contribution in [0.1, 0.15) is 24.4 Å². The zero-order valence-electron chi connectivity index (χ0n) is 13.4. The summed E-state index contributed by atoms with van der Waals surface area (Å²) in [6.45, 7) is 8.38. The lowest BCUT2D eigenvalue weighted by atomic mass is 9.96. The number of anilines is 1. The highest BCUT2D eigenvalue weighted by atomic mass is 16.5. The summed E-state index contributed by atoms with van der Waals surface area (Å²) in [5.74, 6) is 2.08. The summed E-state index contributed by atoms with van der Waals surface area (Å²) >= 11 is 0. The number of ether oxygens (including phenoxy) is 1. The molecule has 1 amide bonds. The fraction of sp³-hybridized carbons (Fsp3) is 0.688. The van der Waals surface area contributed by atoms with Crippen LogP contribution in [0.25, 0.3) is 0 Å². The Kier molecular flexibility index (Phi) is 4.57. The molecule has 1 atom stereocenters. The standard InChI is InChI=1S/C16H24N4O2/c1-12-10-15(18-13(2)17-12)20-5-3-4-14(11-20)16(21)19-6-8-22-9-7-19/h10,14H,3-9,11H2,1-2H3/t14-/m0/s1. The van der Waals surface area contributed by atoms with Gasteiger partial charge in [0.1, 0.15) is 11.6 Å². The number of piperidine rings is 1. The number of carbonyl (C=O) groups excluding carboxylic acids is 1. The maximum Gasteiger partial charge on any atom is 0.227 e. The third-order valence-corrected chi connectivity index (χ3v) is 4.37. The molecule has 2 aliphatic rings. The molecule has 2 aliphatic heterocycles. The van der Waals surface area contributed by atoms with Crippen LogP contribution < -0.4 is 4.90 Å². The van der Waals surface area contributed by atoms with Gasteiger partial charge in [-0.15, -0.1) is 0 Å². The second-order valence-corrected chi connectivity index (χ2v) is 6.14. The number of amides is 1. The van der Waals surface area contributed by atoms with Gasteiger partial charge in [0.2, 0.25) is 5.91 Å². The van der Waals surface area contributed by atoms with E-state index >= 15 is 0 Å². The van der Waals surface area contributed by atoms with Gasteiger partial charge < -0.3 is 14.5 Å². The first-order chi connectivity index (χ1) is 10.6. The zero-order valence-corrected chi connectivity index (χ0v) is 13.4. The van der Waals surface area contributed by atoms with E-state index in [4.69, 9.17) is 4.74 Å². The SMILES string of the molecule is Cc1cc(N2CCC[C@H](C(=O)N3CCOCC3)C2)nc(C)n1. The molecule has 0 aliphatic carbocycles. The van der Waals surface area contributed by atoms with Gasteiger partial charge in [-0.1, -0.05) is 0 Å². The average Bonchev–Trinajstić information content (AvgIpc) is 2.54. The van der Waals surface area contributed by atoms with Crippen molar-refractivity contribution in [3.05, 3.63) is 17.6 Å². The lowest BCUT2D eigenvalue weighted by Gasteiger charge is -2.36. The van der Waals surface area contributed by atoms with Crippen LogP contribution in [-0.2, 0) is 9.53 Å². The molecule has 0 spiro atoms. The molecule has 0 aromatic carbocycles. The molecule has 6 heteroatoms. The highest BCUT2D eigenvalue weighted by molar-refractivity contribution is 5.79. The molecule has 6 nitrogen and oxygen atoms in total. The molecule has 0 bridgehead atoms. The molecule has 3 heterocycles. The molecule has 2 saturated heterocycles. The molecule has 3 rings (SSSR count). The predicted molar refractivity (Wildman–Crippen MR) is 83.8 cm³/mol. The second-order valence-electron chi connectivity index (χ2n) is 6.14. The van der Waals surface area contributed by atoms with Crippen LogP contribution in [0.3, 0.4) is 0 Å². The first kappa shape index (κ1) is 15.2. The second kappa shape index (κ2) is 6.60. The number of aromatic nitrogens is 2. The van der Waals surface area contributed by atoms with E-state index < -0.39 is 0 Å². The van der Waals surface area contributed by atoms with E-state index in [1.165, 1.54) is 0 Å². The Labute approximate surface area is 131 Å². The van der Waals surface area contributed by atoms with Crippen LogP contribution in [0.4, 0.5) is 5.82 Å². The van der Waals surface area contributed by atoms with Gasteiger partial charge in [-0.3, -0.25) is 4.79 Å². The highest BCUT2D eigenvalue weighted by Gasteiger charge is 2.30. The molecule has 2 fully saturated rings. The van der Waals surface area contributed by atoms with Gasteiger partial charge in [0.05, 0.1) is 19.1 Å². The molecule has 0 saturated carbocycles. The number of aryl methyl sites for hydroxylation is 2. The Bertz CT molecular complexity index is 523. The summed E-state index contributed by atoms with van der Waals surface area (Å²) in [6, 6.07) is 2.01. The molecule has 1 aromatic heterocycles. The quantitative estimate of drug-likeness (QED) is 0.821. The van der Waals surface area contributed by atoms with Crippen LogP contribution in [0, 0.1) is 19.8 Å². The van der Waals surface area contributed by atoms with Gasteiger partial charge in [0, 0.05) is 37.9 Å². The van der Waals surface area contributed by atoms with E-state index in [1.54, 1.807) is 0 Å². The van der Waals surface area contributed by atoms with E-state index in [-0.39, 0.29) is 11.8 Å². The topological polar surface area (TPSA) is 58.6 Å². The summed E-state index contributed by atoms with van der Waals surface area (Å²) < 4.78 is 5.33. The van der Waals surface area contributed by atoms with Gasteiger partial charge >= 0.3 is 0 Å². The van der Waals surface area contributed by atoms with Crippen LogP contribution in [0.15, 0.2) is 6.07 Å². The summed E-state index contributed by atoms with van der Waals surface area (Å²) in [5, 5.41) is 0. The molecule has 22 heavy (non-hydrogen) atoms. The van der Waals surface area contributed by atoms with E-state index in [0.717, 1.165) is 56.4 Å². The van der Waals surface area contributed by atoms with Crippen molar-refractivity contribution < 1.29 is 9.53 Å². The van der Waals surface area contributed by atoms with Crippen molar-refractivity contribution >= 4 is 11.7 Å². The van der Waals surface area contributed by atoms with Crippen molar-refractivity contribution in [3.63, 3.8) is 0 Å². The molecular weight excluding hydrogens is 280 g/mol. The number of morpholine rings is 1. The van der Waals surface area contributed by atoms with E-state index in [1.807, 2.05) is 24.8 Å². The number of hydrogen-bond acceptors (Lipinski definition) is 5. The summed E-state index contributed by atoms with van der Waals surface area (Å²) in [6.07, 6.45) is 2.00. The van der Waals surface area contributed by atoms with Crippen LogP contribution >= 0.6 is 0 Å². The van der Waals surface area contributed by atoms with Gasteiger partial charge in [0.15, 0.2) is 0 Å². The van der Waals surface area contributed by atoms with Crippen molar-refractivity contribution in [2.45, 2.75) is 26.7 Å². The first-order valence-electron chi connectivity index (χ1n) is 8.07. The Morgan fingerprint density at radius 3 is 2.73 bits per heavy atom. The van der Waals surface area contributed by atoms with E-state index in [2.05, 4.69) is 14.9 Å². The fourth-order valence-corrected chi connectivity index (χ4v) is 3.29. The van der Waals surface area contributed by atoms with E-state index in [9.17, 15) is 4.79 Å². The lowest BCUT2D eigenvalue weighted by Crippen LogP contribution is -2.48. The number of rotatable bonds is 2. The molecule has 0 radical (unpaired) electrons. The minimum atomic E-state index is 0.0717. The Morgan fingerprint density at radius 1 is 1.23 bits per heavy atom. The minimum Gasteiger partial charge on any atom is -0.378 e. The molecule has 0 unspecified atom stereocenters. The number of hydrogen-bond donors (Lipinski definition) is 0. The largest absolute Gasteiger partial charge is 0.378 e. The van der Waals surface area contributed by atoms with Crippen molar-refractivity contribution in [2.24, 2.45) is 5.92 Å². The van der Waals surface area contributed by atoms with Crippen LogP contribution in [0.5, 0.6) is 0 Å². The molecule has 0 N–H and O–H groups in total. The predicted octanol–water partition coefficient (Wildman–Crippen LogP) is 1.17. The Morgan fingerprint density at radius 2 is 2.00 bits per heavy atom. The van der Waals surface area contributed by atoms with Gasteiger partial charge in [-0.05, 0) is 26.7 Å². The first-order valence-corrected chi connectivity index (χ1v) is 8.07. The molecule has 120 valence electrons. The summed E-state index contributed by atoms with van der Waals surface area (Å²) in [7, 11) is 0. The number of nitrogens with zero attached hydrogens (tertiary/aromatic N) is 4. The van der Waals surface area contributed by atoms with Crippen molar-refractivity contribution in [1.29, 1.82) is 0 Å². The Balaban J connectivity index is 1.69. The molecule has 1 aromatic rings. The minimum absolute atomic E-state index is 0.0717. The number of carbonyl (C=O) groups is 1. The van der Waals surface area contributed by atoms with Crippen LogP contribution in [-0.4, -0.2) is 60.2 Å². The smallest absolute Gasteiger partial charge is 0.227 e. The average molecular weight is 304 g/mol. The maximum atomic E-state index is 12.7. The maximum absolute atomic E-state index is 12.7. The van der Waals surface area contributed by atoms with Gasteiger partial charge in [-0.2, -0.15) is 0 Å². The van der Waals surface area contributed by atoms with Crippen molar-refractivity contribution in [3.8, 4) is 0 Å². The lowest BCUT2D eigenvalue weighted by molar-refractivity contribution is -0.139. The van der Waals surface area contributed by atoms with Crippen LogP contribution in [0.2, 0.25) is 0 Å². The van der Waals surface area contributed by atoms with E-state index in [0.29, 0.717) is 13.2 Å². The van der Waals surface area contributed by atoms with Crippen molar-refractivity contribution in [1.82, 2.24) is 14.9 Å². The monoisotopic (exact) mass is 304 g/mol. The normalized spacial score (nSPS) is 22.7. The summed E-state index contributed by atoms with van der Waals surface area (Å²) in [4.78, 5) is 25.7. The van der Waals surface area contributed by atoms with Gasteiger partial charge in [-0.25, -0.2) is 9.97 Å². The third-order valence-electron chi connectivity index (χ3n) is 4.37. The Hall–Kier alpha value is -1.69. The summed E-state index contributed by atoms with van der Waals surface area (Å²) in [5.41, 5.74) is 0.976. The molecular formula is C16H24N4O2. The van der Waals surface area contributed by atoms with Crippen molar-refractivity contribution in [2.75, 3.05) is 44.3 Å². The fourth-order valence-electron chi connectivity index (χ4n) is 3.29. The zero-order chi connectivity index (χ0) is 15.5. The third kappa shape index (κ3) is 3.38. The highest BCUT2D eigenvalue weighted by Crippen LogP contribution is 2.24.